The van der Waals surface area contributed by atoms with E-state index < -0.39 is 0 Å². The minimum atomic E-state index is -0.359. The predicted molar refractivity (Wildman–Crippen MR) is 52.9 cm³/mol. The average Bonchev–Trinajstić information content (AvgIpc) is 2.53. The highest BCUT2D eigenvalue weighted by atomic mass is 32.2. The summed E-state index contributed by atoms with van der Waals surface area (Å²) in [5.41, 5.74) is 0. The van der Waals surface area contributed by atoms with Gasteiger partial charge < -0.3 is 9.84 Å². The topological polar surface area (TPSA) is 29.5 Å². The fourth-order valence-electron chi connectivity index (χ4n) is 0.764. The van der Waals surface area contributed by atoms with Gasteiger partial charge in [0.2, 0.25) is 0 Å². The Bertz CT molecular complexity index is 199. The zero-order chi connectivity index (χ0) is 8.81. The normalized spacial score (nSPS) is 13.2. The molecule has 0 bridgehead atoms. The van der Waals surface area contributed by atoms with E-state index in [4.69, 9.17) is 4.74 Å². The summed E-state index contributed by atoms with van der Waals surface area (Å²) in [5.74, 6) is 0.703. The van der Waals surface area contributed by atoms with E-state index in [0.717, 1.165) is 0 Å². The molecule has 1 atom stereocenters. The van der Waals surface area contributed by atoms with Gasteiger partial charge in [-0.2, -0.15) is 0 Å². The van der Waals surface area contributed by atoms with E-state index in [9.17, 15) is 5.11 Å². The SMILES string of the molecule is COCC(O)CSc1cccs1. The van der Waals surface area contributed by atoms with Gasteiger partial charge >= 0.3 is 0 Å². The highest BCUT2D eigenvalue weighted by Gasteiger charge is 2.04. The Labute approximate surface area is 80.6 Å². The third-order valence-corrected chi connectivity index (χ3v) is 3.55. The fourth-order valence-corrected chi connectivity index (χ4v) is 2.48. The van der Waals surface area contributed by atoms with Crippen LogP contribution in [0.5, 0.6) is 0 Å². The molecule has 68 valence electrons. The number of rotatable bonds is 5. The first kappa shape index (κ1) is 10.1. The lowest BCUT2D eigenvalue weighted by Gasteiger charge is -2.06. The Balaban J connectivity index is 2.17. The van der Waals surface area contributed by atoms with Crippen LogP contribution in [0.4, 0.5) is 0 Å². The van der Waals surface area contributed by atoms with Gasteiger partial charge in [0.05, 0.1) is 16.9 Å². The Morgan fingerprint density at radius 2 is 2.58 bits per heavy atom. The van der Waals surface area contributed by atoms with Crippen molar-refractivity contribution >= 4 is 23.1 Å². The molecule has 0 spiro atoms. The third kappa shape index (κ3) is 3.58. The van der Waals surface area contributed by atoms with Crippen molar-refractivity contribution in [2.24, 2.45) is 0 Å². The van der Waals surface area contributed by atoms with Crippen LogP contribution in [-0.2, 0) is 4.74 Å². The molecule has 1 heterocycles. The maximum atomic E-state index is 9.31. The van der Waals surface area contributed by atoms with Crippen LogP contribution < -0.4 is 0 Å². The molecule has 1 unspecified atom stereocenters. The van der Waals surface area contributed by atoms with Gasteiger partial charge in [0.1, 0.15) is 0 Å². The maximum absolute atomic E-state index is 9.31. The summed E-state index contributed by atoms with van der Waals surface area (Å²) in [5, 5.41) is 11.3. The molecule has 0 aromatic carbocycles. The van der Waals surface area contributed by atoms with Crippen molar-refractivity contribution in [1.29, 1.82) is 0 Å². The Morgan fingerprint density at radius 3 is 3.17 bits per heavy atom. The van der Waals surface area contributed by atoms with Crippen LogP contribution in [-0.4, -0.2) is 30.7 Å². The summed E-state index contributed by atoms with van der Waals surface area (Å²) < 4.78 is 6.05. The predicted octanol–water partition coefficient (Wildman–Crippen LogP) is 1.85. The van der Waals surface area contributed by atoms with E-state index in [2.05, 4.69) is 6.07 Å². The van der Waals surface area contributed by atoms with Crippen molar-refractivity contribution in [3.05, 3.63) is 17.5 Å². The van der Waals surface area contributed by atoms with Gasteiger partial charge in [-0.25, -0.2) is 0 Å². The number of hydrogen-bond acceptors (Lipinski definition) is 4. The maximum Gasteiger partial charge on any atom is 0.0867 e. The summed E-state index contributed by atoms with van der Waals surface area (Å²) in [6, 6.07) is 4.06. The molecule has 0 fully saturated rings. The van der Waals surface area contributed by atoms with Crippen molar-refractivity contribution in [3.8, 4) is 0 Å². The minimum Gasteiger partial charge on any atom is -0.390 e. The van der Waals surface area contributed by atoms with Crippen LogP contribution in [0, 0.1) is 0 Å². The average molecular weight is 204 g/mol. The van der Waals surface area contributed by atoms with Crippen LogP contribution in [0.3, 0.4) is 0 Å². The van der Waals surface area contributed by atoms with Crippen molar-refractivity contribution in [1.82, 2.24) is 0 Å². The van der Waals surface area contributed by atoms with Crippen LogP contribution in [0.15, 0.2) is 21.7 Å². The molecule has 1 N–H and O–H groups in total. The van der Waals surface area contributed by atoms with Gasteiger partial charge in [-0.05, 0) is 11.4 Å². The molecular formula is C8H12O2S2. The zero-order valence-electron chi connectivity index (χ0n) is 6.90. The number of aliphatic hydroxyl groups excluding tert-OH is 1. The number of methoxy groups -OCH3 is 1. The molecule has 4 heteroatoms. The summed E-state index contributed by atoms with van der Waals surface area (Å²) in [6.45, 7) is 0.415. The second kappa shape index (κ2) is 5.59. The quantitative estimate of drug-likeness (QED) is 0.742. The lowest BCUT2D eigenvalue weighted by atomic mass is 10.4. The molecule has 0 amide bonds. The molecule has 0 aliphatic rings. The molecule has 0 saturated carbocycles. The molecule has 1 aromatic heterocycles. The summed E-state index contributed by atoms with van der Waals surface area (Å²) in [4.78, 5) is 0. The van der Waals surface area contributed by atoms with Crippen molar-refractivity contribution in [2.75, 3.05) is 19.5 Å². The van der Waals surface area contributed by atoms with Gasteiger partial charge in [0, 0.05) is 12.9 Å². The lowest BCUT2D eigenvalue weighted by Crippen LogP contribution is -2.16. The molecule has 12 heavy (non-hydrogen) atoms. The second-order valence-corrected chi connectivity index (χ2v) is 4.62. The first-order valence-electron chi connectivity index (χ1n) is 3.66. The summed E-state index contributed by atoms with van der Waals surface area (Å²) >= 11 is 3.36. The molecule has 0 aliphatic carbocycles. The molecular weight excluding hydrogens is 192 g/mol. The monoisotopic (exact) mass is 204 g/mol. The van der Waals surface area contributed by atoms with Gasteiger partial charge in [-0.3, -0.25) is 0 Å². The fraction of sp³-hybridized carbons (Fsp3) is 0.500. The van der Waals surface area contributed by atoms with E-state index in [1.165, 1.54) is 4.21 Å². The number of thiophene rings is 1. The third-order valence-electron chi connectivity index (χ3n) is 1.27. The van der Waals surface area contributed by atoms with E-state index in [0.29, 0.717) is 12.4 Å². The second-order valence-electron chi connectivity index (χ2n) is 2.35. The van der Waals surface area contributed by atoms with Crippen molar-refractivity contribution in [2.45, 2.75) is 10.3 Å². The molecule has 0 aliphatic heterocycles. The van der Waals surface area contributed by atoms with E-state index >= 15 is 0 Å². The Kier molecular flexibility index (Phi) is 4.68. The molecule has 2 nitrogen and oxygen atoms in total. The van der Waals surface area contributed by atoms with Gasteiger partial charge in [-0.1, -0.05) is 6.07 Å². The smallest absolute Gasteiger partial charge is 0.0867 e. The van der Waals surface area contributed by atoms with E-state index in [-0.39, 0.29) is 6.10 Å². The first-order valence-corrected chi connectivity index (χ1v) is 5.52. The van der Waals surface area contributed by atoms with E-state index in [1.54, 1.807) is 30.2 Å². The molecule has 1 rings (SSSR count). The molecule has 0 saturated heterocycles. The number of aliphatic hydroxyl groups is 1. The number of hydrogen-bond donors (Lipinski definition) is 1. The number of ether oxygens (including phenoxy) is 1. The zero-order valence-corrected chi connectivity index (χ0v) is 8.53. The summed E-state index contributed by atoms with van der Waals surface area (Å²) in [6.07, 6.45) is -0.359. The van der Waals surface area contributed by atoms with Crippen LogP contribution >= 0.6 is 23.1 Å². The van der Waals surface area contributed by atoms with Gasteiger partial charge in [-0.15, -0.1) is 23.1 Å². The van der Waals surface area contributed by atoms with E-state index in [1.807, 2.05) is 11.4 Å². The van der Waals surface area contributed by atoms with Crippen LogP contribution in [0.2, 0.25) is 0 Å². The van der Waals surface area contributed by atoms with Crippen molar-refractivity contribution in [3.63, 3.8) is 0 Å². The summed E-state index contributed by atoms with van der Waals surface area (Å²) in [7, 11) is 1.60. The number of thioether (sulfide) groups is 1. The molecule has 0 radical (unpaired) electrons. The molecule has 1 aromatic rings. The van der Waals surface area contributed by atoms with Crippen LogP contribution in [0.1, 0.15) is 0 Å². The van der Waals surface area contributed by atoms with Crippen molar-refractivity contribution < 1.29 is 9.84 Å². The standard InChI is InChI=1S/C8H12O2S2/c1-10-5-7(9)6-12-8-3-2-4-11-8/h2-4,7,9H,5-6H2,1H3. The largest absolute Gasteiger partial charge is 0.390 e. The Hall–Kier alpha value is -0.0300. The van der Waals surface area contributed by atoms with Gasteiger partial charge in [0.15, 0.2) is 0 Å². The highest BCUT2D eigenvalue weighted by molar-refractivity contribution is 8.01. The highest BCUT2D eigenvalue weighted by Crippen LogP contribution is 2.23. The Morgan fingerprint density at radius 1 is 1.75 bits per heavy atom. The van der Waals surface area contributed by atoms with Crippen LogP contribution in [0.25, 0.3) is 0 Å². The lowest BCUT2D eigenvalue weighted by molar-refractivity contribution is 0.0794. The van der Waals surface area contributed by atoms with Gasteiger partial charge in [0.25, 0.3) is 0 Å². The minimum absolute atomic E-state index is 0.359. The first-order chi connectivity index (χ1) is 5.83.